The maximum absolute atomic E-state index is 12.8. The van der Waals surface area contributed by atoms with Crippen molar-refractivity contribution >= 4 is 5.91 Å². The fourth-order valence-corrected chi connectivity index (χ4v) is 3.00. The van der Waals surface area contributed by atoms with Crippen LogP contribution >= 0.6 is 0 Å². The van der Waals surface area contributed by atoms with Gasteiger partial charge in [0.25, 0.3) is 5.91 Å². The van der Waals surface area contributed by atoms with Crippen LogP contribution in [0, 0.1) is 0 Å². The van der Waals surface area contributed by atoms with Gasteiger partial charge in [0.05, 0.1) is 19.1 Å². The third-order valence-electron chi connectivity index (χ3n) is 4.38. The molecular weight excluding hydrogens is 338 g/mol. The number of hydrogen-bond donors (Lipinski definition) is 0. The molecule has 4 aromatic rings. The van der Waals surface area contributed by atoms with E-state index in [4.69, 9.17) is 8.83 Å². The van der Waals surface area contributed by atoms with Crippen molar-refractivity contribution in [3.05, 3.63) is 108 Å². The molecule has 0 saturated heterocycles. The van der Waals surface area contributed by atoms with Crippen LogP contribution < -0.4 is 0 Å². The van der Waals surface area contributed by atoms with Crippen molar-refractivity contribution in [3.8, 4) is 11.1 Å². The molecule has 4 heteroatoms. The van der Waals surface area contributed by atoms with E-state index in [9.17, 15) is 4.79 Å². The number of amides is 1. The average molecular weight is 357 g/mol. The monoisotopic (exact) mass is 357 g/mol. The van der Waals surface area contributed by atoms with Crippen LogP contribution in [0.3, 0.4) is 0 Å². The molecule has 4 rings (SSSR count). The molecule has 0 spiro atoms. The van der Waals surface area contributed by atoms with Crippen LogP contribution in [0.15, 0.2) is 100 Å². The van der Waals surface area contributed by atoms with Gasteiger partial charge in [-0.05, 0) is 41.0 Å². The van der Waals surface area contributed by atoms with Gasteiger partial charge in [-0.25, -0.2) is 0 Å². The van der Waals surface area contributed by atoms with Crippen molar-refractivity contribution in [3.63, 3.8) is 0 Å². The molecule has 2 aromatic heterocycles. The fourth-order valence-electron chi connectivity index (χ4n) is 3.00. The lowest BCUT2D eigenvalue weighted by atomic mass is 10.0. The first-order valence-corrected chi connectivity index (χ1v) is 8.79. The number of carbonyl (C=O) groups is 1. The van der Waals surface area contributed by atoms with Crippen LogP contribution in [-0.2, 0) is 13.1 Å². The van der Waals surface area contributed by atoms with E-state index in [2.05, 4.69) is 24.3 Å². The molecular formula is C23H19NO3. The van der Waals surface area contributed by atoms with Gasteiger partial charge in [0.1, 0.15) is 5.76 Å². The minimum absolute atomic E-state index is 0.163. The molecule has 2 aromatic carbocycles. The van der Waals surface area contributed by atoms with Gasteiger partial charge in [0.2, 0.25) is 0 Å². The summed E-state index contributed by atoms with van der Waals surface area (Å²) in [5.74, 6) is 0.891. The van der Waals surface area contributed by atoms with Crippen molar-refractivity contribution < 1.29 is 13.6 Å². The Balaban J connectivity index is 1.54. The normalized spacial score (nSPS) is 10.7. The first-order chi connectivity index (χ1) is 13.3. The molecule has 4 nitrogen and oxygen atoms in total. The predicted molar refractivity (Wildman–Crippen MR) is 103 cm³/mol. The zero-order valence-electron chi connectivity index (χ0n) is 14.7. The Morgan fingerprint density at radius 3 is 2.07 bits per heavy atom. The summed E-state index contributed by atoms with van der Waals surface area (Å²) in [6.45, 7) is 0.849. The summed E-state index contributed by atoms with van der Waals surface area (Å²) in [5.41, 5.74) is 3.36. The SMILES string of the molecule is O=C(c1ccco1)N(Cc1ccc(-c2ccccc2)cc1)Cc1ccco1. The van der Waals surface area contributed by atoms with E-state index in [0.29, 0.717) is 18.8 Å². The fraction of sp³-hybridized carbons (Fsp3) is 0.0870. The number of carbonyl (C=O) groups excluding carboxylic acids is 1. The highest BCUT2D eigenvalue weighted by atomic mass is 16.3. The third kappa shape index (κ3) is 4.01. The predicted octanol–water partition coefficient (Wildman–Crippen LogP) is 5.38. The summed E-state index contributed by atoms with van der Waals surface area (Å²) in [6, 6.07) is 25.5. The smallest absolute Gasteiger partial charge is 0.290 e. The van der Waals surface area contributed by atoms with E-state index in [1.807, 2.05) is 42.5 Å². The van der Waals surface area contributed by atoms with Crippen molar-refractivity contribution in [2.75, 3.05) is 0 Å². The molecule has 0 atom stereocenters. The van der Waals surface area contributed by atoms with Crippen molar-refractivity contribution in [1.82, 2.24) is 4.90 Å². The van der Waals surface area contributed by atoms with Gasteiger partial charge in [-0.3, -0.25) is 4.79 Å². The second-order valence-electron chi connectivity index (χ2n) is 6.28. The van der Waals surface area contributed by atoms with Gasteiger partial charge < -0.3 is 13.7 Å². The largest absolute Gasteiger partial charge is 0.467 e. The minimum atomic E-state index is -0.163. The Bertz CT molecular complexity index is 972. The van der Waals surface area contributed by atoms with Crippen LogP contribution in [-0.4, -0.2) is 10.8 Å². The van der Waals surface area contributed by atoms with Crippen LogP contribution in [0.2, 0.25) is 0 Å². The molecule has 0 aliphatic heterocycles. The Morgan fingerprint density at radius 2 is 1.41 bits per heavy atom. The lowest BCUT2D eigenvalue weighted by Gasteiger charge is -2.21. The molecule has 1 amide bonds. The standard InChI is InChI=1S/C23H19NO3/c25-23(22-9-5-15-27-22)24(17-21-8-4-14-26-21)16-18-10-12-20(13-11-18)19-6-2-1-3-7-19/h1-15H,16-17H2. The number of rotatable bonds is 6. The van der Waals surface area contributed by atoms with E-state index in [1.54, 1.807) is 23.3 Å². The van der Waals surface area contributed by atoms with Gasteiger partial charge in [-0.1, -0.05) is 54.6 Å². The first kappa shape index (κ1) is 16.9. The minimum Gasteiger partial charge on any atom is -0.467 e. The molecule has 0 aliphatic carbocycles. The third-order valence-corrected chi connectivity index (χ3v) is 4.38. The molecule has 0 unspecified atom stereocenters. The van der Waals surface area contributed by atoms with Crippen molar-refractivity contribution in [2.45, 2.75) is 13.1 Å². The van der Waals surface area contributed by atoms with Gasteiger partial charge in [-0.2, -0.15) is 0 Å². The van der Waals surface area contributed by atoms with Gasteiger partial charge >= 0.3 is 0 Å². The second kappa shape index (κ2) is 7.79. The summed E-state index contributed by atoms with van der Waals surface area (Å²) < 4.78 is 10.7. The zero-order valence-corrected chi connectivity index (χ0v) is 14.7. The van der Waals surface area contributed by atoms with E-state index < -0.39 is 0 Å². The highest BCUT2D eigenvalue weighted by Gasteiger charge is 2.20. The van der Waals surface area contributed by atoms with E-state index in [1.165, 1.54) is 11.8 Å². The number of nitrogens with zero attached hydrogens (tertiary/aromatic N) is 1. The quantitative estimate of drug-likeness (QED) is 0.465. The van der Waals surface area contributed by atoms with Crippen LogP contribution in [0.25, 0.3) is 11.1 Å². The highest BCUT2D eigenvalue weighted by Crippen LogP contribution is 2.21. The highest BCUT2D eigenvalue weighted by molar-refractivity contribution is 5.91. The van der Waals surface area contributed by atoms with Gasteiger partial charge in [0.15, 0.2) is 5.76 Å². The average Bonchev–Trinajstić information content (AvgIpc) is 3.42. The maximum Gasteiger partial charge on any atom is 0.290 e. The molecule has 0 aliphatic rings. The van der Waals surface area contributed by atoms with Crippen LogP contribution in [0.4, 0.5) is 0 Å². The van der Waals surface area contributed by atoms with Crippen LogP contribution in [0.5, 0.6) is 0 Å². The van der Waals surface area contributed by atoms with Gasteiger partial charge in [-0.15, -0.1) is 0 Å². The van der Waals surface area contributed by atoms with E-state index in [-0.39, 0.29) is 5.91 Å². The summed E-state index contributed by atoms with van der Waals surface area (Å²) >= 11 is 0. The lowest BCUT2D eigenvalue weighted by Crippen LogP contribution is -2.29. The van der Waals surface area contributed by atoms with Crippen molar-refractivity contribution in [1.29, 1.82) is 0 Å². The second-order valence-corrected chi connectivity index (χ2v) is 6.28. The molecule has 0 radical (unpaired) electrons. The Hall–Kier alpha value is -3.53. The molecule has 0 saturated carbocycles. The number of benzene rings is 2. The molecule has 0 bridgehead atoms. The summed E-state index contributed by atoms with van der Waals surface area (Å²) in [5, 5.41) is 0. The summed E-state index contributed by atoms with van der Waals surface area (Å²) in [7, 11) is 0. The van der Waals surface area contributed by atoms with E-state index >= 15 is 0 Å². The maximum atomic E-state index is 12.8. The Labute approximate surface area is 157 Å². The van der Waals surface area contributed by atoms with Crippen LogP contribution in [0.1, 0.15) is 21.9 Å². The lowest BCUT2D eigenvalue weighted by molar-refractivity contribution is 0.0685. The molecule has 134 valence electrons. The molecule has 27 heavy (non-hydrogen) atoms. The summed E-state index contributed by atoms with van der Waals surface area (Å²) in [4.78, 5) is 14.5. The Kier molecular flexibility index (Phi) is 4.88. The molecule has 0 fully saturated rings. The topological polar surface area (TPSA) is 46.6 Å². The molecule has 0 N–H and O–H groups in total. The van der Waals surface area contributed by atoms with Gasteiger partial charge in [0, 0.05) is 6.54 Å². The van der Waals surface area contributed by atoms with Crippen molar-refractivity contribution in [2.24, 2.45) is 0 Å². The first-order valence-electron chi connectivity index (χ1n) is 8.79. The zero-order chi connectivity index (χ0) is 18.5. The molecule has 2 heterocycles. The number of furan rings is 2. The summed E-state index contributed by atoms with van der Waals surface area (Å²) in [6.07, 6.45) is 3.12. The number of hydrogen-bond acceptors (Lipinski definition) is 3. The Morgan fingerprint density at radius 1 is 0.704 bits per heavy atom. The van der Waals surface area contributed by atoms with E-state index in [0.717, 1.165) is 16.9 Å².